The van der Waals surface area contributed by atoms with Crippen LogP contribution >= 0.6 is 45.8 Å². The van der Waals surface area contributed by atoms with Gasteiger partial charge in [0.05, 0.1) is 0 Å². The average Bonchev–Trinajstić information content (AvgIpc) is 1.21. The van der Waals surface area contributed by atoms with Crippen LogP contribution in [0.3, 0.4) is 0 Å². The Morgan fingerprint density at radius 2 is 2.25 bits per heavy atom. The molecule has 0 saturated heterocycles. The van der Waals surface area contributed by atoms with Gasteiger partial charge in [-0.05, 0) is 29.5 Å². The summed E-state index contributed by atoms with van der Waals surface area (Å²) in [6.07, 6.45) is 0. The van der Waals surface area contributed by atoms with Crippen LogP contribution in [0.15, 0.2) is 0 Å². The molecule has 0 N–H and O–H groups in total. The molecule has 2 nitrogen and oxygen atoms in total. The zero-order valence-corrected chi connectivity index (χ0v) is 7.62. The fourth-order valence-corrected chi connectivity index (χ4v) is 0.735. The standard InChI is InChI=1S/C3H3Cl2IO2/c1-3(5,6)8-2(4)7/h1H3. The van der Waals surface area contributed by atoms with Crippen LogP contribution in [0.1, 0.15) is 6.92 Å². The predicted octanol–water partition coefficient (Wildman–Crippen LogP) is 2.71. The lowest BCUT2D eigenvalue weighted by Crippen LogP contribution is -2.12. The normalized spacial score (nSPS) is 17.0. The molecular formula is C3H3Cl2IO2. The Kier molecular flexibility index (Phi) is 3.38. The van der Waals surface area contributed by atoms with Crippen molar-refractivity contribution in [2.45, 2.75) is 9.99 Å². The molecule has 0 aliphatic heterocycles. The summed E-state index contributed by atoms with van der Waals surface area (Å²) in [6.45, 7) is 1.51. The van der Waals surface area contributed by atoms with Crippen LogP contribution in [-0.2, 0) is 4.74 Å². The highest BCUT2D eigenvalue weighted by molar-refractivity contribution is 14.1. The van der Waals surface area contributed by atoms with E-state index in [0.717, 1.165) is 0 Å². The Morgan fingerprint density at radius 1 is 1.88 bits per heavy atom. The van der Waals surface area contributed by atoms with Crippen LogP contribution in [0.5, 0.6) is 0 Å². The van der Waals surface area contributed by atoms with Crippen molar-refractivity contribution in [3.05, 3.63) is 0 Å². The van der Waals surface area contributed by atoms with Crippen LogP contribution in [0, 0.1) is 0 Å². The predicted molar refractivity (Wildman–Crippen MR) is 40.6 cm³/mol. The van der Waals surface area contributed by atoms with E-state index in [0.29, 0.717) is 0 Å². The summed E-state index contributed by atoms with van der Waals surface area (Å²) >= 11 is 11.9. The smallest absolute Gasteiger partial charge is 0.406 e. The number of carbonyl (C=O) groups is 1. The third-order valence-electron chi connectivity index (χ3n) is 0.259. The Bertz CT molecular complexity index is 97.9. The van der Waals surface area contributed by atoms with Crippen molar-refractivity contribution in [1.82, 2.24) is 0 Å². The molecule has 0 aliphatic carbocycles. The van der Waals surface area contributed by atoms with E-state index in [4.69, 9.17) is 23.2 Å². The molecule has 8 heavy (non-hydrogen) atoms. The number of ether oxygens (including phenoxy) is 1. The molecular weight excluding hydrogens is 266 g/mol. The van der Waals surface area contributed by atoms with Gasteiger partial charge in [-0.1, -0.05) is 11.6 Å². The van der Waals surface area contributed by atoms with Gasteiger partial charge in [0.25, 0.3) is 0 Å². The highest BCUT2D eigenvalue weighted by Crippen LogP contribution is 2.25. The molecule has 0 aromatic heterocycles. The maximum absolute atomic E-state index is 9.91. The van der Waals surface area contributed by atoms with Gasteiger partial charge in [0.2, 0.25) is 3.07 Å². The van der Waals surface area contributed by atoms with Gasteiger partial charge in [-0.25, -0.2) is 4.79 Å². The SMILES string of the molecule is CC(Cl)(I)OC(=O)Cl. The highest BCUT2D eigenvalue weighted by Gasteiger charge is 2.18. The van der Waals surface area contributed by atoms with Gasteiger partial charge in [0.15, 0.2) is 0 Å². The van der Waals surface area contributed by atoms with E-state index in [1.165, 1.54) is 6.92 Å². The molecule has 0 fully saturated rings. The number of hydrogen-bond acceptors (Lipinski definition) is 2. The lowest BCUT2D eigenvalue weighted by atomic mass is 10.9. The number of rotatable bonds is 1. The molecule has 0 saturated carbocycles. The molecule has 5 heteroatoms. The minimum atomic E-state index is -1.02. The largest absolute Gasteiger partial charge is 0.422 e. The molecule has 0 aromatic carbocycles. The van der Waals surface area contributed by atoms with Crippen molar-refractivity contribution >= 4 is 51.2 Å². The highest BCUT2D eigenvalue weighted by atomic mass is 127. The molecule has 48 valence electrons. The molecule has 0 aromatic rings. The Hall–Kier alpha value is 0.780. The van der Waals surface area contributed by atoms with Gasteiger partial charge in [-0.3, -0.25) is 0 Å². The van der Waals surface area contributed by atoms with E-state index in [1.54, 1.807) is 22.6 Å². The summed E-state index contributed by atoms with van der Waals surface area (Å²) in [5.41, 5.74) is -0.892. The second kappa shape index (κ2) is 3.08. The molecule has 0 heterocycles. The summed E-state index contributed by atoms with van der Waals surface area (Å²) in [5, 5.41) is 0. The molecule has 0 spiro atoms. The van der Waals surface area contributed by atoms with Gasteiger partial charge in [0.1, 0.15) is 0 Å². The summed E-state index contributed by atoms with van der Waals surface area (Å²) in [7, 11) is 0. The fourth-order valence-electron chi connectivity index (χ4n) is 0.141. The second-order valence-corrected chi connectivity index (χ2v) is 4.87. The first-order valence-corrected chi connectivity index (χ1v) is 3.51. The van der Waals surface area contributed by atoms with Gasteiger partial charge in [-0.2, -0.15) is 0 Å². The number of hydrogen-bond donors (Lipinski definition) is 0. The summed E-state index contributed by atoms with van der Waals surface area (Å²) in [5.74, 6) is 0. The van der Waals surface area contributed by atoms with Crippen LogP contribution in [-0.4, -0.2) is 8.50 Å². The Balaban J connectivity index is 3.55. The van der Waals surface area contributed by atoms with E-state index < -0.39 is 8.50 Å². The van der Waals surface area contributed by atoms with Crippen molar-refractivity contribution in [3.8, 4) is 0 Å². The molecule has 1 atom stereocenters. The molecule has 0 bridgehead atoms. The summed E-state index contributed by atoms with van der Waals surface area (Å²) < 4.78 is 3.30. The second-order valence-electron chi connectivity index (χ2n) is 1.15. The van der Waals surface area contributed by atoms with Crippen molar-refractivity contribution in [1.29, 1.82) is 0 Å². The number of halogens is 3. The Labute approximate surface area is 70.6 Å². The van der Waals surface area contributed by atoms with E-state index in [1.807, 2.05) is 0 Å². The van der Waals surface area contributed by atoms with Gasteiger partial charge >= 0.3 is 5.43 Å². The maximum Gasteiger partial charge on any atom is 0.406 e. The topological polar surface area (TPSA) is 26.3 Å². The minimum absolute atomic E-state index is 0.892. The molecule has 1 unspecified atom stereocenters. The molecule has 0 radical (unpaired) electrons. The van der Waals surface area contributed by atoms with Crippen molar-refractivity contribution in [2.24, 2.45) is 0 Å². The molecule has 0 aliphatic rings. The molecule has 0 rings (SSSR count). The summed E-state index contributed by atoms with van der Waals surface area (Å²) in [4.78, 5) is 9.91. The maximum atomic E-state index is 9.91. The van der Waals surface area contributed by atoms with Gasteiger partial charge in [0, 0.05) is 11.6 Å². The Morgan fingerprint density at radius 3 is 2.25 bits per heavy atom. The van der Waals surface area contributed by atoms with Crippen LogP contribution in [0.4, 0.5) is 4.79 Å². The number of alkyl halides is 2. The lowest BCUT2D eigenvalue weighted by Gasteiger charge is -2.10. The van der Waals surface area contributed by atoms with E-state index in [2.05, 4.69) is 4.74 Å². The van der Waals surface area contributed by atoms with Crippen molar-refractivity contribution in [2.75, 3.05) is 0 Å². The summed E-state index contributed by atoms with van der Waals surface area (Å²) in [6, 6.07) is 0. The third-order valence-corrected chi connectivity index (χ3v) is 0.634. The zero-order valence-electron chi connectivity index (χ0n) is 3.95. The van der Waals surface area contributed by atoms with Gasteiger partial charge in [-0.15, -0.1) is 0 Å². The third kappa shape index (κ3) is 6.78. The average molecular weight is 269 g/mol. The minimum Gasteiger partial charge on any atom is -0.422 e. The van der Waals surface area contributed by atoms with Gasteiger partial charge < -0.3 is 4.74 Å². The zero-order chi connectivity index (χ0) is 6.78. The monoisotopic (exact) mass is 268 g/mol. The quantitative estimate of drug-likeness (QED) is 0.415. The van der Waals surface area contributed by atoms with E-state index >= 15 is 0 Å². The van der Waals surface area contributed by atoms with Crippen molar-refractivity contribution in [3.63, 3.8) is 0 Å². The number of carbonyl (C=O) groups excluding carboxylic acids is 1. The first kappa shape index (κ1) is 8.78. The first-order valence-electron chi connectivity index (χ1n) is 1.68. The van der Waals surface area contributed by atoms with E-state index in [-0.39, 0.29) is 0 Å². The van der Waals surface area contributed by atoms with E-state index in [9.17, 15) is 4.79 Å². The van der Waals surface area contributed by atoms with Crippen LogP contribution < -0.4 is 0 Å². The molecule has 0 amide bonds. The van der Waals surface area contributed by atoms with Crippen LogP contribution in [0.2, 0.25) is 0 Å². The first-order chi connectivity index (χ1) is 3.42. The van der Waals surface area contributed by atoms with Crippen molar-refractivity contribution < 1.29 is 9.53 Å². The fraction of sp³-hybridized carbons (Fsp3) is 0.667. The van der Waals surface area contributed by atoms with Crippen LogP contribution in [0.25, 0.3) is 0 Å². The lowest BCUT2D eigenvalue weighted by molar-refractivity contribution is 0.160.